The summed E-state index contributed by atoms with van der Waals surface area (Å²) in [6, 6.07) is 13.5. The van der Waals surface area contributed by atoms with Gasteiger partial charge in [-0.2, -0.15) is 5.10 Å². The maximum Gasteiger partial charge on any atom is 0.258 e. The molecule has 0 spiro atoms. The number of anilines is 4. The number of aryl methyl sites for hydroxylation is 1. The molecule has 1 aliphatic heterocycles. The van der Waals surface area contributed by atoms with Crippen molar-refractivity contribution in [1.29, 1.82) is 0 Å². The zero-order valence-corrected chi connectivity index (χ0v) is 19.5. The Balaban J connectivity index is 1.31. The van der Waals surface area contributed by atoms with Gasteiger partial charge in [0.05, 0.1) is 5.56 Å². The van der Waals surface area contributed by atoms with Gasteiger partial charge in [0.15, 0.2) is 11.0 Å². The van der Waals surface area contributed by atoms with Gasteiger partial charge in [0.25, 0.3) is 5.91 Å². The average Bonchev–Trinajstić information content (AvgIpc) is 3.20. The molecule has 1 fully saturated rings. The lowest BCUT2D eigenvalue weighted by Gasteiger charge is -2.32. The molecule has 11 heteroatoms. The Kier molecular flexibility index (Phi) is 6.32. The van der Waals surface area contributed by atoms with Crippen LogP contribution in [0, 0.1) is 18.6 Å². The molecule has 8 nitrogen and oxygen atoms in total. The first-order chi connectivity index (χ1) is 16.9. The van der Waals surface area contributed by atoms with Gasteiger partial charge in [-0.3, -0.25) is 9.89 Å². The highest BCUT2D eigenvalue weighted by Gasteiger charge is 2.19. The average molecular weight is 494 g/mol. The molecule has 5 rings (SSSR count). The van der Waals surface area contributed by atoms with Crippen molar-refractivity contribution in [2.45, 2.75) is 23.4 Å². The number of nitrogens with one attached hydrogen (secondary N) is 3. The van der Waals surface area contributed by atoms with Gasteiger partial charge in [-0.15, -0.1) is 0 Å². The summed E-state index contributed by atoms with van der Waals surface area (Å²) in [5.41, 5.74) is 1.03. The van der Waals surface area contributed by atoms with Crippen molar-refractivity contribution in [2.24, 2.45) is 0 Å². The van der Waals surface area contributed by atoms with Gasteiger partial charge >= 0.3 is 0 Å². The smallest absolute Gasteiger partial charge is 0.258 e. The SMILES string of the molecule is Cc1cc(Nc2cc(N3CCC3)nc(Sc3ccc(NC(=O)c4cc(F)ccc4F)cc3)n2)n[nH]1. The van der Waals surface area contributed by atoms with Gasteiger partial charge in [0, 0.05) is 41.5 Å². The van der Waals surface area contributed by atoms with Crippen LogP contribution in [0.25, 0.3) is 0 Å². The fraction of sp³-hybridized carbons (Fsp3) is 0.167. The lowest BCUT2D eigenvalue weighted by Crippen LogP contribution is -2.37. The summed E-state index contributed by atoms with van der Waals surface area (Å²) in [6.07, 6.45) is 1.13. The van der Waals surface area contributed by atoms with Crippen LogP contribution in [0.5, 0.6) is 0 Å². The van der Waals surface area contributed by atoms with Crippen LogP contribution in [-0.4, -0.2) is 39.2 Å². The minimum Gasteiger partial charge on any atom is -0.356 e. The van der Waals surface area contributed by atoms with E-state index in [9.17, 15) is 13.6 Å². The molecule has 3 N–H and O–H groups in total. The standard InChI is InChI=1S/C24H21F2N7OS/c1-14-11-21(32-31-14)28-20-13-22(33-9-2-10-33)30-24(29-20)35-17-6-4-16(5-7-17)27-23(34)18-12-15(25)3-8-19(18)26/h3-8,11-13H,2,9-10H2,1H3,(H,27,34)(H2,28,29,30,31,32). The minimum absolute atomic E-state index is 0.355. The Morgan fingerprint density at radius 1 is 1.03 bits per heavy atom. The highest BCUT2D eigenvalue weighted by molar-refractivity contribution is 7.99. The second-order valence-electron chi connectivity index (χ2n) is 8.00. The van der Waals surface area contributed by atoms with Crippen molar-refractivity contribution < 1.29 is 13.6 Å². The molecule has 178 valence electrons. The van der Waals surface area contributed by atoms with Crippen LogP contribution < -0.4 is 15.5 Å². The first-order valence-electron chi connectivity index (χ1n) is 10.9. The molecule has 0 unspecified atom stereocenters. The van der Waals surface area contributed by atoms with E-state index in [0.29, 0.717) is 22.5 Å². The first-order valence-corrected chi connectivity index (χ1v) is 11.7. The second-order valence-corrected chi connectivity index (χ2v) is 9.04. The second kappa shape index (κ2) is 9.71. The van der Waals surface area contributed by atoms with Gasteiger partial charge in [0.1, 0.15) is 23.3 Å². The monoisotopic (exact) mass is 493 g/mol. The molecule has 0 bridgehead atoms. The van der Waals surface area contributed by atoms with Crippen LogP contribution in [0.3, 0.4) is 0 Å². The third-order valence-electron chi connectivity index (χ3n) is 5.33. The van der Waals surface area contributed by atoms with Crippen molar-refractivity contribution in [3.8, 4) is 0 Å². The Morgan fingerprint density at radius 3 is 2.51 bits per heavy atom. The number of H-pyrrole nitrogens is 1. The quantitative estimate of drug-likeness (QED) is 0.307. The molecule has 1 aliphatic rings. The van der Waals surface area contributed by atoms with E-state index in [1.165, 1.54) is 11.8 Å². The number of carbonyl (C=O) groups is 1. The molecular formula is C24H21F2N7OS. The van der Waals surface area contributed by atoms with Gasteiger partial charge in [0.2, 0.25) is 0 Å². The fourth-order valence-electron chi connectivity index (χ4n) is 3.42. The van der Waals surface area contributed by atoms with Gasteiger partial charge in [-0.25, -0.2) is 18.7 Å². The van der Waals surface area contributed by atoms with Crippen LogP contribution in [0.2, 0.25) is 0 Å². The summed E-state index contributed by atoms with van der Waals surface area (Å²) in [7, 11) is 0. The zero-order valence-electron chi connectivity index (χ0n) is 18.7. The number of amides is 1. The van der Waals surface area contributed by atoms with E-state index < -0.39 is 17.5 Å². The van der Waals surface area contributed by atoms with E-state index in [4.69, 9.17) is 0 Å². The molecule has 0 atom stereocenters. The highest BCUT2D eigenvalue weighted by Crippen LogP contribution is 2.31. The summed E-state index contributed by atoms with van der Waals surface area (Å²) >= 11 is 1.37. The number of hydrogen-bond acceptors (Lipinski definition) is 7. The molecule has 2 aromatic heterocycles. The molecule has 35 heavy (non-hydrogen) atoms. The molecular weight excluding hydrogens is 472 g/mol. The van der Waals surface area contributed by atoms with Crippen LogP contribution in [0.4, 0.5) is 31.9 Å². The van der Waals surface area contributed by atoms with Crippen LogP contribution in [-0.2, 0) is 0 Å². The Labute approximate surface area is 204 Å². The third kappa shape index (κ3) is 5.40. The van der Waals surface area contributed by atoms with E-state index in [2.05, 4.69) is 35.7 Å². The molecule has 0 aliphatic carbocycles. The lowest BCUT2D eigenvalue weighted by molar-refractivity contribution is 0.102. The van der Waals surface area contributed by atoms with Gasteiger partial charge in [-0.05, 0) is 67.6 Å². The van der Waals surface area contributed by atoms with Gasteiger partial charge < -0.3 is 15.5 Å². The highest BCUT2D eigenvalue weighted by atomic mass is 32.2. The molecule has 2 aromatic carbocycles. The lowest BCUT2D eigenvalue weighted by atomic mass is 10.2. The molecule has 3 heterocycles. The van der Waals surface area contributed by atoms with E-state index in [1.54, 1.807) is 24.3 Å². The number of aromatic nitrogens is 4. The summed E-state index contributed by atoms with van der Waals surface area (Å²) in [6.45, 7) is 3.82. The maximum absolute atomic E-state index is 13.9. The molecule has 1 amide bonds. The first kappa shape index (κ1) is 22.8. The molecule has 4 aromatic rings. The predicted octanol–water partition coefficient (Wildman–Crippen LogP) is 5.14. The van der Waals surface area contributed by atoms with Crippen molar-refractivity contribution in [3.63, 3.8) is 0 Å². The minimum atomic E-state index is -0.787. The molecule has 1 saturated heterocycles. The van der Waals surface area contributed by atoms with E-state index in [1.807, 2.05) is 19.1 Å². The normalized spacial score (nSPS) is 12.8. The summed E-state index contributed by atoms with van der Waals surface area (Å²) in [4.78, 5) is 24.7. The maximum atomic E-state index is 13.9. The Hall–Kier alpha value is -3.99. The van der Waals surface area contributed by atoms with Crippen molar-refractivity contribution >= 4 is 40.8 Å². The van der Waals surface area contributed by atoms with Crippen LogP contribution in [0.15, 0.2) is 64.6 Å². The van der Waals surface area contributed by atoms with Crippen molar-refractivity contribution in [3.05, 3.63) is 77.5 Å². The summed E-state index contributed by atoms with van der Waals surface area (Å²) in [5, 5.41) is 13.5. The topological polar surface area (TPSA) is 98.8 Å². The number of benzene rings is 2. The Bertz CT molecular complexity index is 1370. The number of halogens is 2. The number of carbonyl (C=O) groups excluding carboxylic acids is 1. The van der Waals surface area contributed by atoms with Gasteiger partial charge in [-0.1, -0.05) is 0 Å². The summed E-state index contributed by atoms with van der Waals surface area (Å²) in [5.74, 6) is -0.0509. The molecule has 0 radical (unpaired) electrons. The van der Waals surface area contributed by atoms with Crippen molar-refractivity contribution in [1.82, 2.24) is 20.2 Å². The van der Waals surface area contributed by atoms with E-state index in [-0.39, 0.29) is 5.56 Å². The number of hydrogen-bond donors (Lipinski definition) is 3. The van der Waals surface area contributed by atoms with Crippen LogP contribution >= 0.6 is 11.8 Å². The van der Waals surface area contributed by atoms with E-state index in [0.717, 1.165) is 54.1 Å². The molecule has 0 saturated carbocycles. The van der Waals surface area contributed by atoms with Crippen molar-refractivity contribution in [2.75, 3.05) is 28.6 Å². The third-order valence-corrected chi connectivity index (χ3v) is 6.20. The number of nitrogens with zero attached hydrogens (tertiary/aromatic N) is 4. The fourth-order valence-corrected chi connectivity index (χ4v) is 4.19. The predicted molar refractivity (Wildman–Crippen MR) is 130 cm³/mol. The Morgan fingerprint density at radius 2 is 1.83 bits per heavy atom. The van der Waals surface area contributed by atoms with Crippen LogP contribution in [0.1, 0.15) is 22.5 Å². The van der Waals surface area contributed by atoms with E-state index >= 15 is 0 Å². The largest absolute Gasteiger partial charge is 0.356 e. The number of aromatic amines is 1. The number of rotatable bonds is 7. The summed E-state index contributed by atoms with van der Waals surface area (Å²) < 4.78 is 27.2. The zero-order chi connectivity index (χ0) is 24.4.